The summed E-state index contributed by atoms with van der Waals surface area (Å²) in [7, 11) is 0. The van der Waals surface area contributed by atoms with Crippen LogP contribution in [0.3, 0.4) is 0 Å². The van der Waals surface area contributed by atoms with Crippen LogP contribution in [0, 0.1) is 23.7 Å². The summed E-state index contributed by atoms with van der Waals surface area (Å²) in [5.74, 6) is -0.685. The Labute approximate surface area is 151 Å². The van der Waals surface area contributed by atoms with Crippen LogP contribution < -0.4 is 0 Å². The van der Waals surface area contributed by atoms with Crippen molar-refractivity contribution in [3.05, 3.63) is 0 Å². The van der Waals surface area contributed by atoms with Crippen LogP contribution in [0.4, 0.5) is 0 Å². The first-order valence-corrected chi connectivity index (χ1v) is 9.73. The Morgan fingerprint density at radius 3 is 2.16 bits per heavy atom. The zero-order valence-electron chi connectivity index (χ0n) is 16.7. The van der Waals surface area contributed by atoms with Crippen LogP contribution in [0.25, 0.3) is 0 Å². The molecule has 0 aliphatic carbocycles. The zero-order chi connectivity index (χ0) is 18.6. The fourth-order valence-electron chi connectivity index (χ4n) is 5.01. The first-order chi connectivity index (χ1) is 11.6. The number of fused-ring (bicyclic) bond motifs is 2. The van der Waals surface area contributed by atoms with E-state index in [2.05, 4.69) is 20.8 Å². The summed E-state index contributed by atoms with van der Waals surface area (Å²) in [5, 5.41) is 0. The number of carbonyl (C=O) groups excluding carboxylic acids is 1. The molecule has 0 unspecified atom stereocenters. The lowest BCUT2D eigenvalue weighted by Gasteiger charge is -2.51. The summed E-state index contributed by atoms with van der Waals surface area (Å²) in [5.41, 5.74) is 0. The van der Waals surface area contributed by atoms with E-state index in [0.717, 1.165) is 19.1 Å². The maximum absolute atomic E-state index is 11.4. The molecule has 3 aliphatic rings. The third-order valence-corrected chi connectivity index (χ3v) is 6.42. The molecule has 0 radical (unpaired) electrons. The molecule has 5 nitrogen and oxygen atoms in total. The van der Waals surface area contributed by atoms with Gasteiger partial charge in [-0.25, -0.2) is 0 Å². The Morgan fingerprint density at radius 1 is 0.920 bits per heavy atom. The SMILES string of the molecule is C[C@H]([C@@H]1OC(C)(C)O[C@@H]([C@@H](C)C=O)[C@H]1C)[C@@H]1O[C@@]2(C)CC[C@H](O2)[C@H]1C. The Balaban J connectivity index is 1.82. The van der Waals surface area contributed by atoms with Crippen molar-refractivity contribution >= 4 is 6.29 Å². The largest absolute Gasteiger partial charge is 0.347 e. The molecule has 3 fully saturated rings. The van der Waals surface area contributed by atoms with Gasteiger partial charge in [0.15, 0.2) is 11.6 Å². The van der Waals surface area contributed by atoms with E-state index in [1.54, 1.807) is 0 Å². The fraction of sp³-hybridized carbons (Fsp3) is 0.950. The van der Waals surface area contributed by atoms with Gasteiger partial charge in [0.25, 0.3) is 0 Å². The van der Waals surface area contributed by atoms with Gasteiger partial charge in [-0.1, -0.05) is 27.7 Å². The summed E-state index contributed by atoms with van der Waals surface area (Å²) in [6, 6.07) is 0. The molecule has 144 valence electrons. The number of aldehydes is 1. The number of rotatable bonds is 4. The van der Waals surface area contributed by atoms with Crippen molar-refractivity contribution in [1.29, 1.82) is 0 Å². The van der Waals surface area contributed by atoms with Crippen molar-refractivity contribution in [2.75, 3.05) is 0 Å². The predicted molar refractivity (Wildman–Crippen MR) is 93.9 cm³/mol. The number of hydrogen-bond donors (Lipinski definition) is 0. The molecule has 5 heteroatoms. The molecular weight excluding hydrogens is 320 g/mol. The topological polar surface area (TPSA) is 54.0 Å². The van der Waals surface area contributed by atoms with E-state index in [0.29, 0.717) is 5.92 Å². The Kier molecular flexibility index (Phi) is 5.08. The third kappa shape index (κ3) is 3.53. The van der Waals surface area contributed by atoms with Crippen molar-refractivity contribution in [2.24, 2.45) is 23.7 Å². The molecule has 9 atom stereocenters. The number of ether oxygens (including phenoxy) is 4. The van der Waals surface area contributed by atoms with Crippen molar-refractivity contribution in [2.45, 2.75) is 97.3 Å². The molecule has 3 aliphatic heterocycles. The lowest BCUT2D eigenvalue weighted by Crippen LogP contribution is -2.58. The number of hydrogen-bond acceptors (Lipinski definition) is 5. The average molecular weight is 354 g/mol. The molecule has 0 amide bonds. The molecule has 0 aromatic heterocycles. The minimum Gasteiger partial charge on any atom is -0.347 e. The van der Waals surface area contributed by atoms with E-state index in [1.165, 1.54) is 0 Å². The highest BCUT2D eigenvalue weighted by atomic mass is 16.7. The van der Waals surface area contributed by atoms with Gasteiger partial charge >= 0.3 is 0 Å². The molecule has 0 aromatic carbocycles. The van der Waals surface area contributed by atoms with Crippen molar-refractivity contribution in [3.8, 4) is 0 Å². The Morgan fingerprint density at radius 2 is 1.52 bits per heavy atom. The van der Waals surface area contributed by atoms with Gasteiger partial charge in [-0.15, -0.1) is 0 Å². The highest BCUT2D eigenvalue weighted by molar-refractivity contribution is 5.54. The monoisotopic (exact) mass is 354 g/mol. The molecule has 0 spiro atoms. The van der Waals surface area contributed by atoms with Gasteiger partial charge in [-0.3, -0.25) is 0 Å². The van der Waals surface area contributed by atoms with Crippen LogP contribution in [0.5, 0.6) is 0 Å². The van der Waals surface area contributed by atoms with Gasteiger partial charge in [0.05, 0.1) is 24.4 Å². The maximum Gasteiger partial charge on any atom is 0.166 e. The minimum absolute atomic E-state index is 0.0234. The molecule has 3 saturated heterocycles. The van der Waals surface area contributed by atoms with Crippen molar-refractivity contribution < 1.29 is 23.7 Å². The van der Waals surface area contributed by atoms with Crippen LogP contribution >= 0.6 is 0 Å². The standard InChI is InChI=1S/C20H34O5/c1-11(10-21)16-13(3)18(24-19(5,6)23-16)14(4)17-12(2)15-8-9-20(7,22-15)25-17/h10-18H,8-9H2,1-7H3/t11-,12+,13+,14-,15-,16-,17+,18+,20-/m0/s1. The van der Waals surface area contributed by atoms with Crippen molar-refractivity contribution in [1.82, 2.24) is 0 Å². The first-order valence-electron chi connectivity index (χ1n) is 9.73. The highest BCUT2D eigenvalue weighted by Gasteiger charge is 2.54. The Hall–Kier alpha value is -0.490. The van der Waals surface area contributed by atoms with Crippen LogP contribution in [-0.4, -0.2) is 42.3 Å². The van der Waals surface area contributed by atoms with E-state index in [1.807, 2.05) is 27.7 Å². The van der Waals surface area contributed by atoms with E-state index < -0.39 is 11.6 Å². The van der Waals surface area contributed by atoms with Gasteiger partial charge in [-0.2, -0.15) is 0 Å². The highest BCUT2D eigenvalue weighted by Crippen LogP contribution is 2.47. The van der Waals surface area contributed by atoms with E-state index >= 15 is 0 Å². The molecule has 0 N–H and O–H groups in total. The van der Waals surface area contributed by atoms with Crippen LogP contribution in [-0.2, 0) is 23.7 Å². The lowest BCUT2D eigenvalue weighted by molar-refractivity contribution is -0.353. The quantitative estimate of drug-likeness (QED) is 0.723. The molecule has 25 heavy (non-hydrogen) atoms. The van der Waals surface area contributed by atoms with E-state index in [-0.39, 0.29) is 42.2 Å². The molecule has 3 heterocycles. The van der Waals surface area contributed by atoms with E-state index in [9.17, 15) is 4.79 Å². The zero-order valence-corrected chi connectivity index (χ0v) is 16.7. The summed E-state index contributed by atoms with van der Waals surface area (Å²) in [6.45, 7) is 14.4. The van der Waals surface area contributed by atoms with Crippen molar-refractivity contribution in [3.63, 3.8) is 0 Å². The normalized spacial score (nSPS) is 48.8. The van der Waals surface area contributed by atoms with E-state index in [4.69, 9.17) is 18.9 Å². The second-order valence-electron chi connectivity index (χ2n) is 9.05. The van der Waals surface area contributed by atoms with Crippen LogP contribution in [0.2, 0.25) is 0 Å². The van der Waals surface area contributed by atoms with Gasteiger partial charge in [-0.05, 0) is 27.2 Å². The molecular formula is C20H34O5. The third-order valence-electron chi connectivity index (χ3n) is 6.42. The van der Waals surface area contributed by atoms with Crippen LogP contribution in [0.1, 0.15) is 61.3 Å². The molecule has 0 saturated carbocycles. The number of carbonyl (C=O) groups is 1. The lowest BCUT2D eigenvalue weighted by atomic mass is 9.77. The second kappa shape index (κ2) is 6.59. The van der Waals surface area contributed by atoms with Gasteiger partial charge in [0.2, 0.25) is 0 Å². The van der Waals surface area contributed by atoms with Crippen LogP contribution in [0.15, 0.2) is 0 Å². The molecule has 3 rings (SSSR count). The smallest absolute Gasteiger partial charge is 0.166 e. The Bertz CT molecular complexity index is 506. The average Bonchev–Trinajstić information content (AvgIpc) is 2.89. The summed E-state index contributed by atoms with van der Waals surface area (Å²) < 4.78 is 24.9. The predicted octanol–water partition coefficient (Wildman–Crippen LogP) is 3.54. The fourth-order valence-corrected chi connectivity index (χ4v) is 5.01. The second-order valence-corrected chi connectivity index (χ2v) is 9.05. The van der Waals surface area contributed by atoms with Gasteiger partial charge in [0.1, 0.15) is 6.29 Å². The molecule has 0 aromatic rings. The summed E-state index contributed by atoms with van der Waals surface area (Å²) in [6.07, 6.45) is 3.17. The maximum atomic E-state index is 11.4. The summed E-state index contributed by atoms with van der Waals surface area (Å²) in [4.78, 5) is 11.4. The first kappa shape index (κ1) is 19.3. The summed E-state index contributed by atoms with van der Waals surface area (Å²) >= 11 is 0. The molecule has 2 bridgehead atoms. The van der Waals surface area contributed by atoms with Gasteiger partial charge < -0.3 is 23.7 Å². The van der Waals surface area contributed by atoms with Gasteiger partial charge in [0, 0.05) is 30.1 Å². The minimum atomic E-state index is -0.704.